The summed E-state index contributed by atoms with van der Waals surface area (Å²) in [7, 11) is 0. The standard InChI is InChI=1S/C16H9ClF3NO2/c17-9-3-1-2-8(6-9)15-11(7-22)16(23-21-15)10-4-5-12(18)14(20)13(10)19/h1-6,22H,7H2. The lowest BCUT2D eigenvalue weighted by Crippen LogP contribution is -1.96. The molecule has 1 N–H and O–H groups in total. The zero-order valence-corrected chi connectivity index (χ0v) is 12.2. The molecule has 0 saturated carbocycles. The molecule has 0 fully saturated rings. The van der Waals surface area contributed by atoms with Crippen molar-refractivity contribution in [3.63, 3.8) is 0 Å². The van der Waals surface area contributed by atoms with E-state index in [0.717, 1.165) is 12.1 Å². The van der Waals surface area contributed by atoms with Gasteiger partial charge in [-0.2, -0.15) is 0 Å². The van der Waals surface area contributed by atoms with Crippen molar-refractivity contribution in [2.24, 2.45) is 0 Å². The second-order valence-corrected chi connectivity index (χ2v) is 5.17. The lowest BCUT2D eigenvalue weighted by molar-refractivity contribution is 0.281. The smallest absolute Gasteiger partial charge is 0.195 e. The highest BCUT2D eigenvalue weighted by molar-refractivity contribution is 6.30. The quantitative estimate of drug-likeness (QED) is 0.711. The first-order chi connectivity index (χ1) is 11.0. The Bertz CT molecular complexity index is 880. The predicted octanol–water partition coefficient (Wildman–Crippen LogP) is 4.57. The highest BCUT2D eigenvalue weighted by Crippen LogP contribution is 2.35. The van der Waals surface area contributed by atoms with Crippen molar-refractivity contribution in [2.45, 2.75) is 6.61 Å². The van der Waals surface area contributed by atoms with Crippen LogP contribution in [0.1, 0.15) is 5.56 Å². The Kier molecular flexibility index (Phi) is 4.11. The van der Waals surface area contributed by atoms with E-state index in [1.165, 1.54) is 0 Å². The molecule has 7 heteroatoms. The summed E-state index contributed by atoms with van der Waals surface area (Å²) in [5.41, 5.74) is 0.611. The Balaban J connectivity index is 2.18. The van der Waals surface area contributed by atoms with E-state index in [2.05, 4.69) is 5.16 Å². The monoisotopic (exact) mass is 339 g/mol. The average molecular weight is 340 g/mol. The van der Waals surface area contributed by atoms with Crippen LogP contribution in [-0.4, -0.2) is 10.3 Å². The van der Waals surface area contributed by atoms with Crippen molar-refractivity contribution in [3.05, 3.63) is 64.4 Å². The number of nitrogens with zero attached hydrogens (tertiary/aromatic N) is 1. The molecule has 1 heterocycles. The summed E-state index contributed by atoms with van der Waals surface area (Å²) in [5.74, 6) is -4.51. The molecule has 0 aliphatic rings. The molecule has 0 radical (unpaired) electrons. The summed E-state index contributed by atoms with van der Waals surface area (Å²) in [6.45, 7) is -0.529. The van der Waals surface area contributed by atoms with E-state index in [-0.39, 0.29) is 22.6 Å². The summed E-state index contributed by atoms with van der Waals surface area (Å²) in [6.07, 6.45) is 0. The molecule has 0 bridgehead atoms. The molecule has 0 amide bonds. The first-order valence-electron chi connectivity index (χ1n) is 6.52. The number of halogens is 4. The van der Waals surface area contributed by atoms with E-state index >= 15 is 0 Å². The van der Waals surface area contributed by atoms with Crippen LogP contribution in [0.25, 0.3) is 22.6 Å². The Morgan fingerprint density at radius 3 is 2.57 bits per heavy atom. The average Bonchev–Trinajstić information content (AvgIpc) is 2.96. The van der Waals surface area contributed by atoms with E-state index in [0.29, 0.717) is 10.6 Å². The maximum absolute atomic E-state index is 13.9. The van der Waals surface area contributed by atoms with Gasteiger partial charge in [-0.3, -0.25) is 0 Å². The van der Waals surface area contributed by atoms with E-state index < -0.39 is 24.1 Å². The molecule has 3 nitrogen and oxygen atoms in total. The first kappa shape index (κ1) is 15.6. The number of hydrogen-bond donors (Lipinski definition) is 1. The molecule has 0 saturated heterocycles. The van der Waals surface area contributed by atoms with E-state index in [1.807, 2.05) is 0 Å². The Morgan fingerprint density at radius 2 is 1.87 bits per heavy atom. The van der Waals surface area contributed by atoms with Gasteiger partial charge < -0.3 is 9.63 Å². The molecular formula is C16H9ClF3NO2. The number of rotatable bonds is 3. The topological polar surface area (TPSA) is 46.3 Å². The lowest BCUT2D eigenvalue weighted by Gasteiger charge is -2.04. The third-order valence-corrected chi connectivity index (χ3v) is 3.56. The number of aliphatic hydroxyl groups excluding tert-OH is 1. The zero-order valence-electron chi connectivity index (χ0n) is 11.5. The van der Waals surface area contributed by atoms with Crippen molar-refractivity contribution in [2.75, 3.05) is 0 Å². The van der Waals surface area contributed by atoms with Crippen molar-refractivity contribution in [3.8, 4) is 22.6 Å². The van der Waals surface area contributed by atoms with Gasteiger partial charge in [0.05, 0.1) is 17.7 Å². The number of aromatic nitrogens is 1. The summed E-state index contributed by atoms with van der Waals surface area (Å²) >= 11 is 5.91. The van der Waals surface area contributed by atoms with Crippen LogP contribution < -0.4 is 0 Å². The van der Waals surface area contributed by atoms with Gasteiger partial charge in [0.2, 0.25) is 0 Å². The second kappa shape index (κ2) is 6.06. The molecule has 0 atom stereocenters. The van der Waals surface area contributed by atoms with Gasteiger partial charge in [0.15, 0.2) is 23.2 Å². The van der Waals surface area contributed by atoms with Crippen molar-refractivity contribution < 1.29 is 22.8 Å². The summed E-state index contributed by atoms with van der Waals surface area (Å²) in [5, 5.41) is 13.8. The van der Waals surface area contributed by atoms with Gasteiger partial charge in [0.25, 0.3) is 0 Å². The minimum absolute atomic E-state index is 0.150. The molecule has 1 aromatic heterocycles. The highest BCUT2D eigenvalue weighted by atomic mass is 35.5. The van der Waals surface area contributed by atoms with Crippen LogP contribution in [0, 0.1) is 17.5 Å². The van der Waals surface area contributed by atoms with Gasteiger partial charge >= 0.3 is 0 Å². The van der Waals surface area contributed by atoms with Crippen molar-refractivity contribution in [1.82, 2.24) is 5.16 Å². The van der Waals surface area contributed by atoms with Crippen LogP contribution in [0.5, 0.6) is 0 Å². The van der Waals surface area contributed by atoms with Gasteiger partial charge in [-0.25, -0.2) is 13.2 Å². The van der Waals surface area contributed by atoms with Gasteiger partial charge in [-0.15, -0.1) is 0 Å². The van der Waals surface area contributed by atoms with Crippen LogP contribution in [-0.2, 0) is 6.61 Å². The molecule has 0 spiro atoms. The van der Waals surface area contributed by atoms with Crippen molar-refractivity contribution in [1.29, 1.82) is 0 Å². The van der Waals surface area contributed by atoms with Gasteiger partial charge in [0, 0.05) is 10.6 Å². The first-order valence-corrected chi connectivity index (χ1v) is 6.90. The SMILES string of the molecule is OCc1c(-c2cccc(Cl)c2)noc1-c1ccc(F)c(F)c1F. The third kappa shape index (κ3) is 2.71. The van der Waals surface area contributed by atoms with E-state index in [1.54, 1.807) is 24.3 Å². The largest absolute Gasteiger partial charge is 0.391 e. The predicted molar refractivity (Wildman–Crippen MR) is 78.2 cm³/mol. The fourth-order valence-electron chi connectivity index (χ4n) is 2.23. The number of benzene rings is 2. The van der Waals surface area contributed by atoms with Crippen LogP contribution >= 0.6 is 11.6 Å². The normalized spacial score (nSPS) is 11.0. The highest BCUT2D eigenvalue weighted by Gasteiger charge is 2.23. The molecule has 0 aliphatic carbocycles. The fraction of sp³-hybridized carbons (Fsp3) is 0.0625. The molecule has 0 unspecified atom stereocenters. The number of aliphatic hydroxyl groups is 1. The van der Waals surface area contributed by atoms with Crippen LogP contribution in [0.3, 0.4) is 0 Å². The molecule has 3 aromatic rings. The fourth-order valence-corrected chi connectivity index (χ4v) is 2.42. The molecular weight excluding hydrogens is 331 g/mol. The van der Waals surface area contributed by atoms with Crippen LogP contribution in [0.15, 0.2) is 40.9 Å². The number of hydrogen-bond acceptors (Lipinski definition) is 3. The molecule has 2 aromatic carbocycles. The molecule has 3 rings (SSSR count). The summed E-state index contributed by atoms with van der Waals surface area (Å²) in [6, 6.07) is 8.38. The maximum atomic E-state index is 13.9. The van der Waals surface area contributed by atoms with Gasteiger partial charge in [-0.05, 0) is 24.3 Å². The second-order valence-electron chi connectivity index (χ2n) is 4.73. The van der Waals surface area contributed by atoms with Crippen LogP contribution in [0.2, 0.25) is 5.02 Å². The molecule has 23 heavy (non-hydrogen) atoms. The Hall–Kier alpha value is -2.31. The molecule has 118 valence electrons. The maximum Gasteiger partial charge on any atom is 0.195 e. The Labute approximate surface area is 133 Å². The minimum atomic E-state index is -1.62. The zero-order chi connectivity index (χ0) is 16.6. The van der Waals surface area contributed by atoms with Crippen LogP contribution in [0.4, 0.5) is 13.2 Å². The molecule has 0 aliphatic heterocycles. The summed E-state index contributed by atoms with van der Waals surface area (Å²) < 4.78 is 45.4. The third-order valence-electron chi connectivity index (χ3n) is 3.32. The summed E-state index contributed by atoms with van der Waals surface area (Å²) in [4.78, 5) is 0. The van der Waals surface area contributed by atoms with E-state index in [4.69, 9.17) is 16.1 Å². The van der Waals surface area contributed by atoms with Gasteiger partial charge in [-0.1, -0.05) is 28.9 Å². The van der Waals surface area contributed by atoms with E-state index in [9.17, 15) is 18.3 Å². The van der Waals surface area contributed by atoms with Gasteiger partial charge in [0.1, 0.15) is 5.69 Å². The van der Waals surface area contributed by atoms with Crippen molar-refractivity contribution >= 4 is 11.6 Å². The Morgan fingerprint density at radius 1 is 1.09 bits per heavy atom. The lowest BCUT2D eigenvalue weighted by atomic mass is 10.0. The minimum Gasteiger partial charge on any atom is -0.391 e.